The molecule has 0 radical (unpaired) electrons. The van der Waals surface area contributed by atoms with Crippen molar-refractivity contribution in [3.8, 4) is 0 Å². The molecule has 0 aromatic heterocycles. The molecule has 1 aliphatic heterocycles. The fourth-order valence-electron chi connectivity index (χ4n) is 3.71. The summed E-state index contributed by atoms with van der Waals surface area (Å²) >= 11 is 0. The highest BCUT2D eigenvalue weighted by Crippen LogP contribution is 2.28. The van der Waals surface area contributed by atoms with Gasteiger partial charge in [0.25, 0.3) is 0 Å². The zero-order valence-electron chi connectivity index (χ0n) is 15.5. The second-order valence-corrected chi connectivity index (χ2v) is 7.13. The van der Waals surface area contributed by atoms with Gasteiger partial charge < -0.3 is 9.47 Å². The molecule has 1 fully saturated rings. The minimum Gasteiger partial charge on any atom is -0.462 e. The van der Waals surface area contributed by atoms with Crippen LogP contribution in [0.25, 0.3) is 0 Å². The molecular formula is C23H28O3. The van der Waals surface area contributed by atoms with Crippen molar-refractivity contribution in [3.05, 3.63) is 71.8 Å². The Morgan fingerprint density at radius 3 is 1.77 bits per heavy atom. The predicted octanol–water partition coefficient (Wildman–Crippen LogP) is 4.73. The summed E-state index contributed by atoms with van der Waals surface area (Å²) in [5.41, 5.74) is 2.65. The number of hydrogen-bond acceptors (Lipinski definition) is 3. The van der Waals surface area contributed by atoms with Crippen molar-refractivity contribution < 1.29 is 14.3 Å². The van der Waals surface area contributed by atoms with E-state index in [1.807, 2.05) is 12.1 Å². The first kappa shape index (κ1) is 18.7. The number of carbonyl (C=O) groups is 1. The molecule has 1 aliphatic rings. The van der Waals surface area contributed by atoms with Crippen LogP contribution in [0.5, 0.6) is 0 Å². The first-order valence-corrected chi connectivity index (χ1v) is 9.59. The van der Waals surface area contributed by atoms with Crippen LogP contribution < -0.4 is 0 Å². The molecule has 3 heteroatoms. The molecule has 1 heterocycles. The summed E-state index contributed by atoms with van der Waals surface area (Å²) in [6.45, 7) is 1.49. The SMILES string of the molecule is CC(=O)OC1C[C@@H](CCc2ccccc2)O[C@@H](CCc2ccccc2)C1. The van der Waals surface area contributed by atoms with Gasteiger partial charge in [-0.05, 0) is 36.8 Å². The zero-order valence-corrected chi connectivity index (χ0v) is 15.5. The molecule has 1 unspecified atom stereocenters. The molecule has 2 aromatic rings. The van der Waals surface area contributed by atoms with Crippen LogP contribution >= 0.6 is 0 Å². The van der Waals surface area contributed by atoms with Gasteiger partial charge in [0.1, 0.15) is 6.10 Å². The van der Waals surface area contributed by atoms with Crippen molar-refractivity contribution in [1.29, 1.82) is 0 Å². The molecular weight excluding hydrogens is 324 g/mol. The molecule has 3 atom stereocenters. The van der Waals surface area contributed by atoms with E-state index in [2.05, 4.69) is 48.5 Å². The van der Waals surface area contributed by atoms with E-state index in [0.717, 1.165) is 38.5 Å². The van der Waals surface area contributed by atoms with Gasteiger partial charge in [-0.1, -0.05) is 60.7 Å². The summed E-state index contributed by atoms with van der Waals surface area (Å²) in [6, 6.07) is 21.0. The number of hydrogen-bond donors (Lipinski definition) is 0. The number of aryl methyl sites for hydroxylation is 2. The van der Waals surface area contributed by atoms with Crippen molar-refractivity contribution >= 4 is 5.97 Å². The molecule has 0 N–H and O–H groups in total. The fourth-order valence-corrected chi connectivity index (χ4v) is 3.71. The zero-order chi connectivity index (χ0) is 18.2. The number of carbonyl (C=O) groups excluding carboxylic acids is 1. The lowest BCUT2D eigenvalue weighted by Gasteiger charge is -2.35. The van der Waals surface area contributed by atoms with Crippen LogP contribution in [0.2, 0.25) is 0 Å². The maximum atomic E-state index is 11.4. The van der Waals surface area contributed by atoms with E-state index in [-0.39, 0.29) is 24.3 Å². The minimum atomic E-state index is -0.194. The molecule has 3 nitrogen and oxygen atoms in total. The molecule has 3 rings (SSSR count). The Morgan fingerprint density at radius 2 is 1.35 bits per heavy atom. The van der Waals surface area contributed by atoms with Gasteiger partial charge in [-0.15, -0.1) is 0 Å². The van der Waals surface area contributed by atoms with Crippen LogP contribution in [0.3, 0.4) is 0 Å². The first-order chi connectivity index (χ1) is 12.7. The van der Waals surface area contributed by atoms with Crippen molar-refractivity contribution in [1.82, 2.24) is 0 Å². The fraction of sp³-hybridized carbons (Fsp3) is 0.435. The van der Waals surface area contributed by atoms with Crippen LogP contribution in [-0.2, 0) is 27.1 Å². The van der Waals surface area contributed by atoms with E-state index in [4.69, 9.17) is 9.47 Å². The molecule has 0 aliphatic carbocycles. The Morgan fingerprint density at radius 1 is 0.885 bits per heavy atom. The van der Waals surface area contributed by atoms with Gasteiger partial charge in [-0.25, -0.2) is 0 Å². The lowest BCUT2D eigenvalue weighted by Crippen LogP contribution is -2.38. The lowest BCUT2D eigenvalue weighted by atomic mass is 9.93. The third kappa shape index (κ3) is 5.99. The summed E-state index contributed by atoms with van der Waals surface area (Å²) in [4.78, 5) is 11.4. The Labute approximate surface area is 156 Å². The Balaban J connectivity index is 1.56. The summed E-state index contributed by atoms with van der Waals surface area (Å²) in [6.07, 6.45) is 5.77. The quantitative estimate of drug-likeness (QED) is 0.676. The molecule has 0 amide bonds. The molecule has 2 aromatic carbocycles. The van der Waals surface area contributed by atoms with Crippen molar-refractivity contribution in [2.75, 3.05) is 0 Å². The summed E-state index contributed by atoms with van der Waals surface area (Å²) in [7, 11) is 0. The van der Waals surface area contributed by atoms with E-state index >= 15 is 0 Å². The van der Waals surface area contributed by atoms with Gasteiger partial charge in [-0.3, -0.25) is 4.79 Å². The molecule has 1 saturated heterocycles. The summed E-state index contributed by atoms with van der Waals surface area (Å²) in [5.74, 6) is -0.194. The first-order valence-electron chi connectivity index (χ1n) is 9.59. The highest BCUT2D eigenvalue weighted by atomic mass is 16.6. The van der Waals surface area contributed by atoms with Crippen LogP contribution in [-0.4, -0.2) is 24.3 Å². The van der Waals surface area contributed by atoms with Crippen LogP contribution in [0.1, 0.15) is 43.7 Å². The van der Waals surface area contributed by atoms with Crippen LogP contribution in [0.4, 0.5) is 0 Å². The minimum absolute atomic E-state index is 0.0252. The summed E-state index contributed by atoms with van der Waals surface area (Å²) in [5, 5.41) is 0. The van der Waals surface area contributed by atoms with Gasteiger partial charge in [0.2, 0.25) is 0 Å². The maximum absolute atomic E-state index is 11.4. The van der Waals surface area contributed by atoms with Crippen molar-refractivity contribution in [2.24, 2.45) is 0 Å². The second kappa shape index (κ2) is 9.54. The Hall–Kier alpha value is -2.13. The smallest absolute Gasteiger partial charge is 0.302 e. The lowest BCUT2D eigenvalue weighted by molar-refractivity contribution is -0.160. The van der Waals surface area contributed by atoms with E-state index in [1.54, 1.807) is 0 Å². The van der Waals surface area contributed by atoms with Crippen LogP contribution in [0, 0.1) is 0 Å². The van der Waals surface area contributed by atoms with Gasteiger partial charge in [0.15, 0.2) is 0 Å². The molecule has 0 spiro atoms. The van der Waals surface area contributed by atoms with Crippen molar-refractivity contribution in [2.45, 2.75) is 63.8 Å². The van der Waals surface area contributed by atoms with Gasteiger partial charge in [0, 0.05) is 19.8 Å². The highest BCUT2D eigenvalue weighted by molar-refractivity contribution is 5.66. The third-order valence-corrected chi connectivity index (χ3v) is 4.96. The van der Waals surface area contributed by atoms with Crippen molar-refractivity contribution in [3.63, 3.8) is 0 Å². The predicted molar refractivity (Wildman–Crippen MR) is 103 cm³/mol. The normalized spacial score (nSPS) is 22.7. The van der Waals surface area contributed by atoms with Gasteiger partial charge in [0.05, 0.1) is 12.2 Å². The van der Waals surface area contributed by atoms with E-state index in [9.17, 15) is 4.79 Å². The Kier molecular flexibility index (Phi) is 6.84. The number of rotatable bonds is 7. The molecule has 26 heavy (non-hydrogen) atoms. The second-order valence-electron chi connectivity index (χ2n) is 7.13. The number of benzene rings is 2. The monoisotopic (exact) mass is 352 g/mol. The third-order valence-electron chi connectivity index (χ3n) is 4.96. The largest absolute Gasteiger partial charge is 0.462 e. The maximum Gasteiger partial charge on any atom is 0.302 e. The van der Waals surface area contributed by atoms with E-state index < -0.39 is 0 Å². The number of esters is 1. The van der Waals surface area contributed by atoms with Crippen LogP contribution in [0.15, 0.2) is 60.7 Å². The van der Waals surface area contributed by atoms with E-state index in [1.165, 1.54) is 18.1 Å². The van der Waals surface area contributed by atoms with Gasteiger partial charge >= 0.3 is 5.97 Å². The number of ether oxygens (including phenoxy) is 2. The Bertz CT molecular complexity index is 617. The molecule has 138 valence electrons. The average Bonchev–Trinajstić information content (AvgIpc) is 2.66. The molecule has 0 saturated carbocycles. The van der Waals surface area contributed by atoms with E-state index in [0.29, 0.717) is 0 Å². The topological polar surface area (TPSA) is 35.5 Å². The molecule has 0 bridgehead atoms. The van der Waals surface area contributed by atoms with Gasteiger partial charge in [-0.2, -0.15) is 0 Å². The highest BCUT2D eigenvalue weighted by Gasteiger charge is 2.30. The standard InChI is InChI=1S/C23H28O3/c1-18(24)25-23-16-21(14-12-19-8-4-2-5-9-19)26-22(17-23)15-13-20-10-6-3-7-11-20/h2-11,21-23H,12-17H2,1H3/t21-,22+,23?. The summed E-state index contributed by atoms with van der Waals surface area (Å²) < 4.78 is 11.9. The average molecular weight is 352 g/mol.